The number of carboxylic acid groups (broad SMARTS) is 1. The van der Waals surface area contributed by atoms with Gasteiger partial charge in [-0.05, 0) is 49.2 Å². The van der Waals surface area contributed by atoms with E-state index in [1.54, 1.807) is 55.6 Å². The van der Waals surface area contributed by atoms with Crippen LogP contribution in [0.15, 0.2) is 48.5 Å². The van der Waals surface area contributed by atoms with E-state index in [1.807, 2.05) is 0 Å². The van der Waals surface area contributed by atoms with Gasteiger partial charge in [0.2, 0.25) is 5.91 Å². The van der Waals surface area contributed by atoms with E-state index in [9.17, 15) is 19.5 Å². The highest BCUT2D eigenvalue weighted by Crippen LogP contribution is 2.31. The lowest BCUT2D eigenvalue weighted by atomic mass is 9.78. The summed E-state index contributed by atoms with van der Waals surface area (Å²) < 4.78 is 5.10. The Morgan fingerprint density at radius 3 is 2.24 bits per heavy atom. The summed E-state index contributed by atoms with van der Waals surface area (Å²) in [5.74, 6) is -2.77. The maximum Gasteiger partial charge on any atom is 0.257 e. The van der Waals surface area contributed by atoms with Gasteiger partial charge < -0.3 is 25.3 Å². The minimum Gasteiger partial charge on any atom is -0.550 e. The summed E-state index contributed by atoms with van der Waals surface area (Å²) >= 11 is 0. The highest BCUT2D eigenvalue weighted by Gasteiger charge is 2.32. The van der Waals surface area contributed by atoms with Crippen molar-refractivity contribution in [2.75, 3.05) is 17.7 Å². The van der Waals surface area contributed by atoms with Crippen LogP contribution in [-0.4, -0.2) is 24.9 Å². The molecule has 1 aliphatic rings. The van der Waals surface area contributed by atoms with E-state index in [0.29, 0.717) is 30.0 Å². The maximum atomic E-state index is 12.7. The van der Waals surface area contributed by atoms with E-state index in [2.05, 4.69) is 10.6 Å². The molecule has 2 aromatic carbocycles. The third kappa shape index (κ3) is 4.93. The number of rotatable bonds is 6. The van der Waals surface area contributed by atoms with Gasteiger partial charge >= 0.3 is 0 Å². The molecule has 0 unspecified atom stereocenters. The number of ether oxygens (including phenoxy) is 1. The monoisotopic (exact) mass is 395 g/mol. The van der Waals surface area contributed by atoms with Crippen molar-refractivity contribution in [3.05, 3.63) is 54.1 Å². The molecule has 0 spiro atoms. The van der Waals surface area contributed by atoms with E-state index in [-0.39, 0.29) is 11.5 Å². The summed E-state index contributed by atoms with van der Waals surface area (Å²) in [5.41, 5.74) is 1.21. The number of hydrogen-bond acceptors (Lipinski definition) is 5. The Hall–Kier alpha value is -3.35. The molecule has 1 fully saturated rings. The van der Waals surface area contributed by atoms with Gasteiger partial charge in [0.15, 0.2) is 0 Å². The molecule has 0 aliphatic heterocycles. The lowest BCUT2D eigenvalue weighted by Gasteiger charge is -2.31. The molecule has 3 rings (SSSR count). The van der Waals surface area contributed by atoms with Gasteiger partial charge in [0.05, 0.1) is 18.4 Å². The Balaban J connectivity index is 1.74. The molecule has 29 heavy (non-hydrogen) atoms. The molecule has 2 N–H and O–H groups in total. The Morgan fingerprint density at radius 1 is 0.931 bits per heavy atom. The number of nitrogens with one attached hydrogen (secondary N) is 2. The van der Waals surface area contributed by atoms with Crippen LogP contribution in [0.5, 0.6) is 5.75 Å². The summed E-state index contributed by atoms with van der Waals surface area (Å²) in [6, 6.07) is 13.5. The van der Waals surface area contributed by atoms with Crippen LogP contribution < -0.4 is 20.5 Å². The Kier molecular flexibility index (Phi) is 6.49. The van der Waals surface area contributed by atoms with E-state index in [4.69, 9.17) is 4.74 Å². The van der Waals surface area contributed by atoms with Gasteiger partial charge in [0.25, 0.3) is 5.91 Å². The van der Waals surface area contributed by atoms with Crippen LogP contribution in [-0.2, 0) is 9.59 Å². The topological polar surface area (TPSA) is 108 Å². The first-order chi connectivity index (χ1) is 14.0. The number of carbonyl (C=O) groups is 3. The van der Waals surface area contributed by atoms with Gasteiger partial charge in [-0.1, -0.05) is 25.0 Å². The normalized spacial score (nSPS) is 18.5. The molecule has 0 bridgehead atoms. The molecule has 2 atom stereocenters. The number of carbonyl (C=O) groups excluding carboxylic acids is 3. The summed E-state index contributed by atoms with van der Waals surface area (Å²) in [6.45, 7) is 0. The fourth-order valence-corrected chi connectivity index (χ4v) is 3.62. The number of methoxy groups -OCH3 is 1. The fourth-order valence-electron chi connectivity index (χ4n) is 3.62. The van der Waals surface area contributed by atoms with Crippen molar-refractivity contribution in [2.45, 2.75) is 25.7 Å². The lowest BCUT2D eigenvalue weighted by Crippen LogP contribution is -2.42. The summed E-state index contributed by atoms with van der Waals surface area (Å²) in [4.78, 5) is 36.8. The van der Waals surface area contributed by atoms with E-state index in [0.717, 1.165) is 12.8 Å². The number of benzene rings is 2. The SMILES string of the molecule is COc1ccc(NC(=O)c2ccccc2NC(=O)[C@H]2CCCC[C@@H]2C(=O)[O-])cc1. The van der Waals surface area contributed by atoms with Gasteiger partial charge in [0, 0.05) is 23.5 Å². The van der Waals surface area contributed by atoms with Crippen LogP contribution in [0.2, 0.25) is 0 Å². The van der Waals surface area contributed by atoms with Gasteiger partial charge in [-0.25, -0.2) is 0 Å². The molecule has 152 valence electrons. The summed E-state index contributed by atoms with van der Waals surface area (Å²) in [5, 5.41) is 16.9. The van der Waals surface area contributed by atoms with Crippen molar-refractivity contribution in [3.63, 3.8) is 0 Å². The number of amides is 2. The van der Waals surface area contributed by atoms with E-state index in [1.165, 1.54) is 0 Å². The summed E-state index contributed by atoms with van der Waals surface area (Å²) in [6.07, 6.45) is 2.48. The highest BCUT2D eigenvalue weighted by molar-refractivity contribution is 6.10. The van der Waals surface area contributed by atoms with Crippen LogP contribution >= 0.6 is 0 Å². The zero-order valence-electron chi connectivity index (χ0n) is 16.1. The Morgan fingerprint density at radius 2 is 1.59 bits per heavy atom. The second kappa shape index (κ2) is 9.23. The second-order valence-corrected chi connectivity index (χ2v) is 7.03. The smallest absolute Gasteiger partial charge is 0.257 e. The van der Waals surface area contributed by atoms with Gasteiger partial charge in [-0.15, -0.1) is 0 Å². The average molecular weight is 395 g/mol. The molecule has 2 aromatic rings. The zero-order chi connectivity index (χ0) is 20.8. The first-order valence-corrected chi connectivity index (χ1v) is 9.55. The minimum atomic E-state index is -1.20. The minimum absolute atomic E-state index is 0.289. The molecule has 2 amide bonds. The van der Waals surface area contributed by atoms with Crippen molar-refractivity contribution >= 4 is 29.2 Å². The molecule has 0 radical (unpaired) electrons. The van der Waals surface area contributed by atoms with E-state index >= 15 is 0 Å². The quantitative estimate of drug-likeness (QED) is 0.781. The largest absolute Gasteiger partial charge is 0.550 e. The average Bonchev–Trinajstić information content (AvgIpc) is 2.74. The molecule has 7 nitrogen and oxygen atoms in total. The van der Waals surface area contributed by atoms with Crippen molar-refractivity contribution in [1.29, 1.82) is 0 Å². The first kappa shape index (κ1) is 20.4. The van der Waals surface area contributed by atoms with Crippen molar-refractivity contribution in [3.8, 4) is 5.75 Å². The number of hydrogen-bond donors (Lipinski definition) is 2. The van der Waals surface area contributed by atoms with Gasteiger partial charge in [0.1, 0.15) is 5.75 Å². The fraction of sp³-hybridized carbons (Fsp3) is 0.318. The zero-order valence-corrected chi connectivity index (χ0v) is 16.1. The molecule has 7 heteroatoms. The van der Waals surface area contributed by atoms with Crippen LogP contribution in [0.4, 0.5) is 11.4 Å². The third-order valence-corrected chi connectivity index (χ3v) is 5.18. The van der Waals surface area contributed by atoms with E-state index < -0.39 is 23.7 Å². The molecule has 0 saturated heterocycles. The molecule has 0 heterocycles. The highest BCUT2D eigenvalue weighted by atomic mass is 16.5. The van der Waals surface area contributed by atoms with Crippen molar-refractivity contribution in [2.24, 2.45) is 11.8 Å². The number of aliphatic carboxylic acids is 1. The lowest BCUT2D eigenvalue weighted by molar-refractivity contribution is -0.313. The maximum absolute atomic E-state index is 12.7. The van der Waals surface area contributed by atoms with Gasteiger partial charge in [-0.2, -0.15) is 0 Å². The van der Waals surface area contributed by atoms with Crippen LogP contribution in [0, 0.1) is 11.8 Å². The first-order valence-electron chi connectivity index (χ1n) is 9.55. The van der Waals surface area contributed by atoms with Crippen molar-refractivity contribution in [1.82, 2.24) is 0 Å². The van der Waals surface area contributed by atoms with Crippen LogP contribution in [0.1, 0.15) is 36.0 Å². The molecule has 1 aliphatic carbocycles. The molecular formula is C22H23N2O5-. The Bertz CT molecular complexity index is 894. The summed E-state index contributed by atoms with van der Waals surface area (Å²) in [7, 11) is 1.56. The third-order valence-electron chi connectivity index (χ3n) is 5.18. The predicted molar refractivity (Wildman–Crippen MR) is 106 cm³/mol. The Labute approximate surface area is 169 Å². The van der Waals surface area contributed by atoms with Crippen molar-refractivity contribution < 1.29 is 24.2 Å². The number of carboxylic acids is 1. The molecule has 1 saturated carbocycles. The van der Waals surface area contributed by atoms with Gasteiger partial charge in [-0.3, -0.25) is 9.59 Å². The number of anilines is 2. The second-order valence-electron chi connectivity index (χ2n) is 7.03. The van der Waals surface area contributed by atoms with Crippen LogP contribution in [0.3, 0.4) is 0 Å². The predicted octanol–water partition coefficient (Wildman–Crippen LogP) is 2.44. The van der Waals surface area contributed by atoms with Crippen LogP contribution in [0.25, 0.3) is 0 Å². The standard InChI is InChI=1S/C22H24N2O5/c1-29-15-12-10-14(11-13-15)23-21(26)18-8-4-5-9-19(18)24-20(25)16-6-2-3-7-17(16)22(27)28/h4-5,8-13,16-17H,2-3,6-7H2,1H3,(H,23,26)(H,24,25)(H,27,28)/p-1/t16-,17-/m0/s1. The molecular weight excluding hydrogens is 372 g/mol. The number of para-hydroxylation sites is 1. The molecule has 0 aromatic heterocycles.